The predicted molar refractivity (Wildman–Crippen MR) is 130 cm³/mol. The molecule has 0 fully saturated rings. The monoisotopic (exact) mass is 440 g/mol. The minimum Gasteiger partial charge on any atom is -0.454 e. The summed E-state index contributed by atoms with van der Waals surface area (Å²) in [4.78, 5) is 16.5. The van der Waals surface area contributed by atoms with Gasteiger partial charge in [0, 0.05) is 41.0 Å². The summed E-state index contributed by atoms with van der Waals surface area (Å²) in [6, 6.07) is 24.5. The fourth-order valence-corrected chi connectivity index (χ4v) is 4.62. The number of aromatic amines is 1. The van der Waals surface area contributed by atoms with E-state index in [9.17, 15) is 4.79 Å². The van der Waals surface area contributed by atoms with E-state index in [1.807, 2.05) is 42.6 Å². The molecule has 0 saturated heterocycles. The molecule has 1 amide bonds. The molecular weight excluding hydrogens is 412 g/mol. The Morgan fingerprint density at radius 1 is 0.970 bits per heavy atom. The SMILES string of the molecule is C[C@@H](CCc1ccccc1)NC(=O)C[C@@H](c1cccc2c1OCO2)c1c[nH]c2ccccc12. The number of carbonyl (C=O) groups excluding carboxylic acids is 1. The Morgan fingerprint density at radius 2 is 1.79 bits per heavy atom. The molecule has 168 valence electrons. The molecule has 5 rings (SSSR count). The largest absolute Gasteiger partial charge is 0.454 e. The molecule has 1 aromatic heterocycles. The first-order valence-corrected chi connectivity index (χ1v) is 11.5. The molecule has 33 heavy (non-hydrogen) atoms. The number of carbonyl (C=O) groups is 1. The van der Waals surface area contributed by atoms with E-state index in [4.69, 9.17) is 9.47 Å². The minimum absolute atomic E-state index is 0.0300. The number of amides is 1. The molecule has 0 spiro atoms. The van der Waals surface area contributed by atoms with Gasteiger partial charge in [-0.1, -0.05) is 60.7 Å². The number of hydrogen-bond acceptors (Lipinski definition) is 3. The zero-order chi connectivity index (χ0) is 22.6. The Bertz CT molecular complexity index is 1250. The topological polar surface area (TPSA) is 63.4 Å². The van der Waals surface area contributed by atoms with Crippen molar-refractivity contribution in [2.75, 3.05) is 6.79 Å². The van der Waals surface area contributed by atoms with Gasteiger partial charge >= 0.3 is 0 Å². The molecule has 5 heteroatoms. The van der Waals surface area contributed by atoms with E-state index in [1.54, 1.807) is 0 Å². The van der Waals surface area contributed by atoms with Gasteiger partial charge in [0.1, 0.15) is 0 Å². The van der Waals surface area contributed by atoms with E-state index >= 15 is 0 Å². The maximum atomic E-state index is 13.2. The third-order valence-corrected chi connectivity index (χ3v) is 6.30. The molecule has 0 saturated carbocycles. The van der Waals surface area contributed by atoms with Gasteiger partial charge in [-0.15, -0.1) is 0 Å². The quantitative estimate of drug-likeness (QED) is 0.377. The van der Waals surface area contributed by atoms with Crippen LogP contribution in [-0.2, 0) is 11.2 Å². The van der Waals surface area contributed by atoms with Gasteiger partial charge in [-0.25, -0.2) is 0 Å². The number of H-pyrrole nitrogens is 1. The van der Waals surface area contributed by atoms with Crippen molar-refractivity contribution >= 4 is 16.8 Å². The number of hydrogen-bond donors (Lipinski definition) is 2. The van der Waals surface area contributed by atoms with Crippen molar-refractivity contribution in [1.82, 2.24) is 10.3 Å². The van der Waals surface area contributed by atoms with E-state index in [2.05, 4.69) is 53.6 Å². The highest BCUT2D eigenvalue weighted by Gasteiger charge is 2.28. The van der Waals surface area contributed by atoms with Crippen LogP contribution < -0.4 is 14.8 Å². The number of ether oxygens (including phenoxy) is 2. The minimum atomic E-state index is -0.154. The zero-order valence-corrected chi connectivity index (χ0v) is 18.7. The molecule has 0 radical (unpaired) electrons. The van der Waals surface area contributed by atoms with E-state index in [1.165, 1.54) is 5.56 Å². The van der Waals surface area contributed by atoms with Crippen molar-refractivity contribution in [2.24, 2.45) is 0 Å². The zero-order valence-electron chi connectivity index (χ0n) is 18.7. The van der Waals surface area contributed by atoms with Crippen LogP contribution in [0.1, 0.15) is 42.4 Å². The highest BCUT2D eigenvalue weighted by atomic mass is 16.7. The lowest BCUT2D eigenvalue weighted by atomic mass is 9.87. The van der Waals surface area contributed by atoms with Gasteiger partial charge in [0.15, 0.2) is 11.5 Å². The van der Waals surface area contributed by atoms with Crippen LogP contribution in [-0.4, -0.2) is 23.7 Å². The summed E-state index contributed by atoms with van der Waals surface area (Å²) < 4.78 is 11.4. The number of benzene rings is 3. The Balaban J connectivity index is 1.37. The van der Waals surface area contributed by atoms with Gasteiger partial charge < -0.3 is 19.8 Å². The van der Waals surface area contributed by atoms with Gasteiger partial charge in [-0.05, 0) is 43.0 Å². The second-order valence-corrected chi connectivity index (χ2v) is 8.62. The second kappa shape index (κ2) is 9.41. The maximum Gasteiger partial charge on any atom is 0.231 e. The lowest BCUT2D eigenvalue weighted by Gasteiger charge is -2.20. The molecule has 2 atom stereocenters. The molecule has 0 aliphatic carbocycles. The molecule has 1 aliphatic heterocycles. The van der Waals surface area contributed by atoms with Crippen LogP contribution in [0.4, 0.5) is 0 Å². The second-order valence-electron chi connectivity index (χ2n) is 8.62. The van der Waals surface area contributed by atoms with Crippen LogP contribution in [0.25, 0.3) is 10.9 Å². The molecular formula is C28H28N2O3. The highest BCUT2D eigenvalue weighted by Crippen LogP contribution is 2.44. The third-order valence-electron chi connectivity index (χ3n) is 6.30. The predicted octanol–water partition coefficient (Wildman–Crippen LogP) is 5.56. The maximum absolute atomic E-state index is 13.2. The molecule has 2 N–H and O–H groups in total. The van der Waals surface area contributed by atoms with Crippen molar-refractivity contribution in [3.05, 3.63) is 95.7 Å². The van der Waals surface area contributed by atoms with Crippen molar-refractivity contribution in [1.29, 1.82) is 0 Å². The van der Waals surface area contributed by atoms with Crippen LogP contribution in [0.2, 0.25) is 0 Å². The molecule has 1 aliphatic rings. The van der Waals surface area contributed by atoms with Crippen molar-refractivity contribution in [2.45, 2.75) is 38.1 Å². The average molecular weight is 441 g/mol. The summed E-state index contributed by atoms with van der Waals surface area (Å²) in [5.74, 6) is 1.34. The first kappa shape index (κ1) is 21.1. The fourth-order valence-electron chi connectivity index (χ4n) is 4.62. The normalized spacial score (nSPS) is 14.2. The van der Waals surface area contributed by atoms with E-state index < -0.39 is 0 Å². The van der Waals surface area contributed by atoms with Gasteiger partial charge in [0.25, 0.3) is 0 Å². The van der Waals surface area contributed by atoms with Crippen LogP contribution in [0.5, 0.6) is 11.5 Å². The van der Waals surface area contributed by atoms with E-state index in [0.717, 1.165) is 46.4 Å². The van der Waals surface area contributed by atoms with Gasteiger partial charge in [0.05, 0.1) is 0 Å². The lowest BCUT2D eigenvalue weighted by molar-refractivity contribution is -0.121. The summed E-state index contributed by atoms with van der Waals surface area (Å²) in [6.45, 7) is 2.27. The number of rotatable bonds is 8. The Labute approximate surface area is 193 Å². The van der Waals surface area contributed by atoms with E-state index in [-0.39, 0.29) is 24.7 Å². The molecule has 3 aromatic carbocycles. The summed E-state index contributed by atoms with van der Waals surface area (Å²) in [7, 11) is 0. The Morgan fingerprint density at radius 3 is 2.67 bits per heavy atom. The van der Waals surface area contributed by atoms with Gasteiger partial charge in [-0.3, -0.25) is 4.79 Å². The number of aromatic nitrogens is 1. The molecule has 0 unspecified atom stereocenters. The average Bonchev–Trinajstić information content (AvgIpc) is 3.49. The summed E-state index contributed by atoms with van der Waals surface area (Å²) in [5, 5.41) is 4.32. The van der Waals surface area contributed by atoms with Crippen LogP contribution >= 0.6 is 0 Å². The lowest BCUT2D eigenvalue weighted by Crippen LogP contribution is -2.33. The van der Waals surface area contributed by atoms with Crippen LogP contribution in [0, 0.1) is 0 Å². The van der Waals surface area contributed by atoms with Crippen LogP contribution in [0.3, 0.4) is 0 Å². The number of para-hydroxylation sites is 2. The molecule has 2 heterocycles. The molecule has 0 bridgehead atoms. The smallest absolute Gasteiger partial charge is 0.231 e. The van der Waals surface area contributed by atoms with Crippen LogP contribution in [0.15, 0.2) is 79.0 Å². The van der Waals surface area contributed by atoms with Crippen molar-refractivity contribution in [3.63, 3.8) is 0 Å². The Kier molecular flexibility index (Phi) is 6.03. The first-order chi connectivity index (χ1) is 16.2. The van der Waals surface area contributed by atoms with Gasteiger partial charge in [0.2, 0.25) is 12.7 Å². The molecule has 5 nitrogen and oxygen atoms in total. The molecule has 4 aromatic rings. The van der Waals surface area contributed by atoms with Crippen molar-refractivity contribution in [3.8, 4) is 11.5 Å². The van der Waals surface area contributed by atoms with Crippen molar-refractivity contribution < 1.29 is 14.3 Å². The summed E-state index contributed by atoms with van der Waals surface area (Å²) in [6.07, 6.45) is 4.17. The number of fused-ring (bicyclic) bond motifs is 2. The summed E-state index contributed by atoms with van der Waals surface area (Å²) in [5.41, 5.74) is 4.40. The highest BCUT2D eigenvalue weighted by molar-refractivity contribution is 5.86. The van der Waals surface area contributed by atoms with E-state index in [0.29, 0.717) is 6.42 Å². The Hall–Kier alpha value is -3.73. The first-order valence-electron chi connectivity index (χ1n) is 11.5. The standard InChI is InChI=1S/C28H28N2O3/c1-19(14-15-20-8-3-2-4-9-20)30-27(31)16-23(22-11-7-13-26-28(22)33-18-32-26)24-17-29-25-12-6-5-10-21(24)25/h2-13,17,19,23,29H,14-16,18H2,1H3,(H,30,31)/t19-,23-/m0/s1. The number of aryl methyl sites for hydroxylation is 1. The fraction of sp³-hybridized carbons (Fsp3) is 0.250. The van der Waals surface area contributed by atoms with Gasteiger partial charge in [-0.2, -0.15) is 0 Å². The third kappa shape index (κ3) is 4.58. The number of nitrogens with one attached hydrogen (secondary N) is 2. The summed E-state index contributed by atoms with van der Waals surface area (Å²) >= 11 is 0.